The monoisotopic (exact) mass is 401 g/mol. The van der Waals surface area contributed by atoms with E-state index < -0.39 is 0 Å². The standard InChI is InChI=1S/C22H25ClN2OS/c23-15-6-9-22-20(12-15)25(19-4-1-2-5-21(19)27-22)11-3-10-24-16-7-8-17(24)14-18(26)13-16/h1-2,4-6,9,12,16-18,26H,3,7-8,10-11,13-14H2/p+1. The Labute approximate surface area is 170 Å². The molecular weight excluding hydrogens is 376 g/mol. The van der Waals surface area contributed by atoms with Crippen LogP contribution >= 0.6 is 23.4 Å². The summed E-state index contributed by atoms with van der Waals surface area (Å²) in [5, 5.41) is 10.8. The van der Waals surface area contributed by atoms with Crippen LogP contribution in [0.4, 0.5) is 11.4 Å². The van der Waals surface area contributed by atoms with E-state index in [9.17, 15) is 5.11 Å². The summed E-state index contributed by atoms with van der Waals surface area (Å²) in [5.74, 6) is 0. The molecule has 0 amide bonds. The average molecular weight is 402 g/mol. The molecule has 2 aromatic rings. The number of fused-ring (bicyclic) bond motifs is 4. The summed E-state index contributed by atoms with van der Waals surface area (Å²) in [6.07, 6.45) is 5.66. The van der Waals surface area contributed by atoms with Crippen molar-refractivity contribution in [2.75, 3.05) is 18.0 Å². The number of anilines is 2. The quantitative estimate of drug-likeness (QED) is 0.813. The predicted octanol–water partition coefficient (Wildman–Crippen LogP) is 3.90. The molecule has 2 atom stereocenters. The van der Waals surface area contributed by atoms with Crippen molar-refractivity contribution in [2.24, 2.45) is 0 Å². The van der Waals surface area contributed by atoms with Crippen molar-refractivity contribution >= 4 is 34.7 Å². The van der Waals surface area contributed by atoms with E-state index >= 15 is 0 Å². The molecule has 27 heavy (non-hydrogen) atoms. The van der Waals surface area contributed by atoms with Crippen molar-refractivity contribution in [1.29, 1.82) is 0 Å². The van der Waals surface area contributed by atoms with E-state index in [4.69, 9.17) is 11.6 Å². The number of aliphatic hydroxyl groups excluding tert-OH is 1. The van der Waals surface area contributed by atoms with Crippen LogP contribution in [0.1, 0.15) is 32.1 Å². The van der Waals surface area contributed by atoms with E-state index in [2.05, 4.69) is 41.3 Å². The summed E-state index contributed by atoms with van der Waals surface area (Å²) in [7, 11) is 0. The number of rotatable bonds is 4. The minimum absolute atomic E-state index is 0.0636. The Morgan fingerprint density at radius 2 is 1.78 bits per heavy atom. The topological polar surface area (TPSA) is 27.9 Å². The molecule has 2 bridgehead atoms. The number of para-hydroxylation sites is 1. The highest BCUT2D eigenvalue weighted by Crippen LogP contribution is 2.48. The normalized spacial score (nSPS) is 28.7. The SMILES string of the molecule is OC1CC2CCC(C1)[NH+]2CCCN1c2ccccc2Sc2ccc(Cl)cc21. The number of halogens is 1. The van der Waals surface area contributed by atoms with Gasteiger partial charge in [-0.15, -0.1) is 0 Å². The second-order valence-electron chi connectivity index (χ2n) is 8.11. The Kier molecular flexibility index (Phi) is 4.85. The van der Waals surface area contributed by atoms with Crippen LogP contribution < -0.4 is 9.80 Å². The number of aliphatic hydroxyl groups is 1. The molecule has 0 spiro atoms. The molecule has 5 rings (SSSR count). The van der Waals surface area contributed by atoms with E-state index in [-0.39, 0.29) is 6.10 Å². The zero-order valence-corrected chi connectivity index (χ0v) is 17.0. The van der Waals surface area contributed by atoms with E-state index in [0.29, 0.717) is 12.1 Å². The van der Waals surface area contributed by atoms with Gasteiger partial charge in [0.05, 0.1) is 36.1 Å². The lowest BCUT2D eigenvalue weighted by Gasteiger charge is -2.36. The lowest BCUT2D eigenvalue weighted by Crippen LogP contribution is -3.18. The van der Waals surface area contributed by atoms with Gasteiger partial charge in [0, 0.05) is 53.5 Å². The maximum Gasteiger partial charge on any atom is 0.0904 e. The number of benzene rings is 2. The van der Waals surface area contributed by atoms with Gasteiger partial charge in [0.15, 0.2) is 0 Å². The third-order valence-corrected chi connectivity index (χ3v) is 7.83. The maximum atomic E-state index is 10.0. The fourth-order valence-corrected chi connectivity index (χ4v) is 6.53. The highest BCUT2D eigenvalue weighted by Gasteiger charge is 2.43. The largest absolute Gasteiger partial charge is 0.393 e. The molecule has 2 aromatic carbocycles. The van der Waals surface area contributed by atoms with Crippen molar-refractivity contribution in [3.8, 4) is 0 Å². The Bertz CT molecular complexity index is 831. The van der Waals surface area contributed by atoms with Gasteiger partial charge in [-0.3, -0.25) is 0 Å². The lowest BCUT2D eigenvalue weighted by molar-refractivity contribution is -0.942. The van der Waals surface area contributed by atoms with Gasteiger partial charge in [-0.2, -0.15) is 0 Å². The zero-order valence-electron chi connectivity index (χ0n) is 15.4. The molecule has 2 N–H and O–H groups in total. The average Bonchev–Trinajstić information content (AvgIpc) is 2.91. The second kappa shape index (κ2) is 7.32. The smallest absolute Gasteiger partial charge is 0.0904 e. The summed E-state index contributed by atoms with van der Waals surface area (Å²) in [6, 6.07) is 16.2. The minimum atomic E-state index is -0.0636. The molecule has 0 aromatic heterocycles. The Hall–Kier alpha value is -1.20. The van der Waals surface area contributed by atoms with Crippen LogP contribution in [0, 0.1) is 0 Å². The van der Waals surface area contributed by atoms with Gasteiger partial charge in [0.1, 0.15) is 0 Å². The van der Waals surface area contributed by atoms with Gasteiger partial charge < -0.3 is 14.9 Å². The summed E-state index contributed by atoms with van der Waals surface area (Å²) in [5.41, 5.74) is 2.53. The second-order valence-corrected chi connectivity index (χ2v) is 9.63. The highest BCUT2D eigenvalue weighted by molar-refractivity contribution is 7.99. The molecule has 0 saturated carbocycles. The Morgan fingerprint density at radius 3 is 2.59 bits per heavy atom. The molecule has 3 aliphatic rings. The highest BCUT2D eigenvalue weighted by atomic mass is 35.5. The number of hydrogen-bond donors (Lipinski definition) is 2. The molecule has 5 heteroatoms. The summed E-state index contributed by atoms with van der Waals surface area (Å²) in [4.78, 5) is 6.80. The van der Waals surface area contributed by atoms with Crippen molar-refractivity contribution in [3.63, 3.8) is 0 Å². The fourth-order valence-electron chi connectivity index (χ4n) is 5.29. The predicted molar refractivity (Wildman–Crippen MR) is 112 cm³/mol. The molecule has 0 radical (unpaired) electrons. The molecule has 3 nitrogen and oxygen atoms in total. The van der Waals surface area contributed by atoms with Gasteiger partial charge in [0.25, 0.3) is 0 Å². The van der Waals surface area contributed by atoms with Crippen molar-refractivity contribution in [2.45, 2.75) is 60.1 Å². The maximum absolute atomic E-state index is 10.0. The molecule has 2 saturated heterocycles. The Balaban J connectivity index is 1.34. The van der Waals surface area contributed by atoms with E-state index in [1.807, 2.05) is 17.8 Å². The van der Waals surface area contributed by atoms with E-state index in [1.54, 1.807) is 4.90 Å². The van der Waals surface area contributed by atoms with Crippen LogP contribution in [-0.2, 0) is 0 Å². The zero-order chi connectivity index (χ0) is 18.4. The first-order chi connectivity index (χ1) is 13.2. The third kappa shape index (κ3) is 3.38. The number of hydrogen-bond acceptors (Lipinski definition) is 3. The third-order valence-electron chi connectivity index (χ3n) is 6.46. The van der Waals surface area contributed by atoms with Gasteiger partial charge in [-0.05, 0) is 30.3 Å². The number of nitrogens with one attached hydrogen (secondary N) is 1. The lowest BCUT2D eigenvalue weighted by atomic mass is 10.00. The van der Waals surface area contributed by atoms with Crippen LogP contribution in [-0.4, -0.2) is 36.4 Å². The first kappa shape index (κ1) is 17.9. The number of nitrogens with zero attached hydrogens (tertiary/aromatic N) is 1. The van der Waals surface area contributed by atoms with Crippen LogP contribution in [0.25, 0.3) is 0 Å². The van der Waals surface area contributed by atoms with E-state index in [0.717, 1.165) is 30.8 Å². The number of quaternary nitrogens is 1. The number of piperidine rings is 1. The van der Waals surface area contributed by atoms with Crippen molar-refractivity contribution in [3.05, 3.63) is 47.5 Å². The molecule has 2 fully saturated rings. The summed E-state index contributed by atoms with van der Waals surface area (Å²) in [6.45, 7) is 2.21. The van der Waals surface area contributed by atoms with Gasteiger partial charge in [-0.1, -0.05) is 35.5 Å². The van der Waals surface area contributed by atoms with Crippen LogP contribution in [0.3, 0.4) is 0 Å². The molecule has 3 heterocycles. The first-order valence-electron chi connectivity index (χ1n) is 10.1. The molecule has 142 valence electrons. The van der Waals surface area contributed by atoms with Gasteiger partial charge in [0.2, 0.25) is 0 Å². The van der Waals surface area contributed by atoms with Crippen LogP contribution in [0.15, 0.2) is 52.3 Å². The van der Waals surface area contributed by atoms with Crippen LogP contribution in [0.2, 0.25) is 5.02 Å². The Morgan fingerprint density at radius 1 is 1.04 bits per heavy atom. The molecule has 2 unspecified atom stereocenters. The molecule has 3 aliphatic heterocycles. The molecular formula is C22H26ClN2OS+. The fraction of sp³-hybridized carbons (Fsp3) is 0.455. The first-order valence-corrected chi connectivity index (χ1v) is 11.3. The summed E-state index contributed by atoms with van der Waals surface area (Å²) < 4.78 is 0. The van der Waals surface area contributed by atoms with Gasteiger partial charge in [-0.25, -0.2) is 0 Å². The summed E-state index contributed by atoms with van der Waals surface area (Å²) >= 11 is 8.16. The van der Waals surface area contributed by atoms with Crippen molar-refractivity contribution < 1.29 is 10.0 Å². The minimum Gasteiger partial charge on any atom is -0.393 e. The van der Waals surface area contributed by atoms with Gasteiger partial charge >= 0.3 is 0 Å². The van der Waals surface area contributed by atoms with E-state index in [1.165, 1.54) is 40.6 Å². The molecule has 0 aliphatic carbocycles. The van der Waals surface area contributed by atoms with Crippen molar-refractivity contribution in [1.82, 2.24) is 0 Å². The van der Waals surface area contributed by atoms with Crippen LogP contribution in [0.5, 0.6) is 0 Å².